The van der Waals surface area contributed by atoms with Crippen LogP contribution in [-0.4, -0.2) is 20.0 Å². The molecule has 1 atom stereocenters. The van der Waals surface area contributed by atoms with Gasteiger partial charge in [-0.3, -0.25) is 4.79 Å². The van der Waals surface area contributed by atoms with Crippen LogP contribution in [0.2, 0.25) is 0 Å². The summed E-state index contributed by atoms with van der Waals surface area (Å²) in [6.45, 7) is 8.19. The van der Waals surface area contributed by atoms with Crippen LogP contribution in [0.25, 0.3) is 0 Å². The molecule has 0 amide bonds. The van der Waals surface area contributed by atoms with Gasteiger partial charge in [0.2, 0.25) is 0 Å². The van der Waals surface area contributed by atoms with E-state index in [1.54, 1.807) is 14.2 Å². The zero-order valence-corrected chi connectivity index (χ0v) is 16.5. The van der Waals surface area contributed by atoms with Crippen molar-refractivity contribution in [2.45, 2.75) is 40.7 Å². The number of Topliss-reactive ketones (excluding diaryl/α,β-unsaturated/α-hetero) is 1. The Morgan fingerprint density at radius 1 is 0.962 bits per heavy atom. The number of ether oxygens (including phenoxy) is 3. The van der Waals surface area contributed by atoms with Gasteiger partial charge in [-0.15, -0.1) is 0 Å². The molecule has 0 N–H and O–H groups in total. The smallest absolute Gasteiger partial charge is 0.173 e. The fraction of sp³-hybridized carbons (Fsp3) is 0.409. The molecule has 4 heteroatoms. The molecule has 0 saturated heterocycles. The van der Waals surface area contributed by atoms with E-state index in [9.17, 15) is 4.79 Å². The minimum atomic E-state index is -0.104. The Morgan fingerprint density at radius 3 is 1.96 bits per heavy atom. The second-order valence-electron chi connectivity index (χ2n) is 6.47. The number of benzene rings is 2. The summed E-state index contributed by atoms with van der Waals surface area (Å²) < 4.78 is 17.3. The van der Waals surface area contributed by atoms with Crippen molar-refractivity contribution < 1.29 is 19.0 Å². The molecular formula is C22H28O4. The van der Waals surface area contributed by atoms with Crippen molar-refractivity contribution in [2.75, 3.05) is 14.2 Å². The highest BCUT2D eigenvalue weighted by Crippen LogP contribution is 2.44. The van der Waals surface area contributed by atoms with Crippen LogP contribution in [-0.2, 0) is 6.61 Å². The summed E-state index contributed by atoms with van der Waals surface area (Å²) in [6.07, 6.45) is 0.759. The van der Waals surface area contributed by atoms with Crippen molar-refractivity contribution >= 4 is 5.78 Å². The SMILES string of the molecule is CCC(C)C(=O)c1c(OC)c(C)c(OCc2ccccc2)c(C)c1OC. The van der Waals surface area contributed by atoms with Crippen LogP contribution in [0.3, 0.4) is 0 Å². The third kappa shape index (κ3) is 3.85. The molecule has 0 aromatic heterocycles. The highest BCUT2D eigenvalue weighted by Gasteiger charge is 2.29. The molecular weight excluding hydrogens is 328 g/mol. The highest BCUT2D eigenvalue weighted by atomic mass is 16.5. The molecule has 0 fully saturated rings. The third-order valence-electron chi connectivity index (χ3n) is 4.76. The molecule has 2 aromatic rings. The molecule has 0 bridgehead atoms. The molecule has 2 aromatic carbocycles. The van der Waals surface area contributed by atoms with Crippen LogP contribution < -0.4 is 14.2 Å². The molecule has 0 aliphatic heterocycles. The number of carbonyl (C=O) groups is 1. The number of carbonyl (C=O) groups excluding carboxylic acids is 1. The van der Waals surface area contributed by atoms with Crippen LogP contribution in [0.1, 0.15) is 47.3 Å². The lowest BCUT2D eigenvalue weighted by Gasteiger charge is -2.22. The van der Waals surface area contributed by atoms with Gasteiger partial charge in [0.25, 0.3) is 0 Å². The maximum atomic E-state index is 12.9. The largest absolute Gasteiger partial charge is 0.495 e. The first-order chi connectivity index (χ1) is 12.5. The fourth-order valence-electron chi connectivity index (χ4n) is 3.08. The van der Waals surface area contributed by atoms with Gasteiger partial charge in [-0.2, -0.15) is 0 Å². The second kappa shape index (κ2) is 8.75. The Morgan fingerprint density at radius 2 is 1.50 bits per heavy atom. The monoisotopic (exact) mass is 356 g/mol. The lowest BCUT2D eigenvalue weighted by atomic mass is 9.92. The van der Waals surface area contributed by atoms with Crippen LogP contribution in [0.4, 0.5) is 0 Å². The van der Waals surface area contributed by atoms with Crippen LogP contribution >= 0.6 is 0 Å². The standard InChI is InChI=1S/C22H28O4/c1-7-14(2)19(23)18-21(24-5)15(3)20(16(4)22(18)25-6)26-13-17-11-9-8-10-12-17/h8-12,14H,7,13H2,1-6H3. The molecule has 26 heavy (non-hydrogen) atoms. The summed E-state index contributed by atoms with van der Waals surface area (Å²) in [5, 5.41) is 0. The van der Waals surface area contributed by atoms with Crippen molar-refractivity contribution in [3.63, 3.8) is 0 Å². The maximum Gasteiger partial charge on any atom is 0.173 e. The quantitative estimate of drug-likeness (QED) is 0.615. The van der Waals surface area contributed by atoms with E-state index in [1.165, 1.54) is 0 Å². The predicted molar refractivity (Wildman–Crippen MR) is 104 cm³/mol. The Kier molecular flexibility index (Phi) is 6.67. The fourth-order valence-corrected chi connectivity index (χ4v) is 3.08. The zero-order chi connectivity index (χ0) is 19.3. The van der Waals surface area contributed by atoms with Gasteiger partial charge in [0.05, 0.1) is 14.2 Å². The summed E-state index contributed by atoms with van der Waals surface area (Å²) in [5.41, 5.74) is 3.21. The average Bonchev–Trinajstić information content (AvgIpc) is 2.67. The minimum absolute atomic E-state index is 0.0296. The molecule has 0 spiro atoms. The first kappa shape index (κ1) is 19.8. The molecule has 0 saturated carbocycles. The van der Waals surface area contributed by atoms with E-state index >= 15 is 0 Å². The van der Waals surface area contributed by atoms with E-state index in [0.717, 1.165) is 23.1 Å². The first-order valence-corrected chi connectivity index (χ1v) is 8.92. The van der Waals surface area contributed by atoms with E-state index in [0.29, 0.717) is 29.4 Å². The van der Waals surface area contributed by atoms with E-state index in [-0.39, 0.29) is 11.7 Å². The van der Waals surface area contributed by atoms with Crippen molar-refractivity contribution in [3.05, 3.63) is 52.6 Å². The Hall–Kier alpha value is -2.49. The van der Waals surface area contributed by atoms with Crippen molar-refractivity contribution in [3.8, 4) is 17.2 Å². The average molecular weight is 356 g/mol. The van der Waals surface area contributed by atoms with Gasteiger partial charge in [-0.25, -0.2) is 0 Å². The van der Waals surface area contributed by atoms with Gasteiger partial charge in [-0.1, -0.05) is 44.2 Å². The summed E-state index contributed by atoms with van der Waals surface area (Å²) in [7, 11) is 3.15. The zero-order valence-electron chi connectivity index (χ0n) is 16.5. The number of methoxy groups -OCH3 is 2. The first-order valence-electron chi connectivity index (χ1n) is 8.92. The van der Waals surface area contributed by atoms with E-state index in [4.69, 9.17) is 14.2 Å². The van der Waals surface area contributed by atoms with E-state index in [2.05, 4.69) is 0 Å². The third-order valence-corrected chi connectivity index (χ3v) is 4.76. The molecule has 4 nitrogen and oxygen atoms in total. The maximum absolute atomic E-state index is 12.9. The van der Waals surface area contributed by atoms with E-state index < -0.39 is 0 Å². The van der Waals surface area contributed by atoms with Crippen molar-refractivity contribution in [1.29, 1.82) is 0 Å². The van der Waals surface area contributed by atoms with Gasteiger partial charge in [0.1, 0.15) is 29.4 Å². The highest BCUT2D eigenvalue weighted by molar-refractivity contribution is 6.04. The Bertz CT molecular complexity index is 734. The van der Waals surface area contributed by atoms with Gasteiger partial charge in [0.15, 0.2) is 5.78 Å². The number of rotatable bonds is 8. The molecule has 1 unspecified atom stereocenters. The molecule has 0 heterocycles. The summed E-state index contributed by atoms with van der Waals surface area (Å²) in [4.78, 5) is 12.9. The minimum Gasteiger partial charge on any atom is -0.495 e. The van der Waals surface area contributed by atoms with Gasteiger partial charge in [-0.05, 0) is 25.8 Å². The van der Waals surface area contributed by atoms with Crippen molar-refractivity contribution in [2.24, 2.45) is 5.92 Å². The normalized spacial score (nSPS) is 11.8. The predicted octanol–water partition coefficient (Wildman–Crippen LogP) is 5.13. The van der Waals surface area contributed by atoms with Crippen molar-refractivity contribution in [1.82, 2.24) is 0 Å². The summed E-state index contributed by atoms with van der Waals surface area (Å²) in [5.74, 6) is 1.68. The topological polar surface area (TPSA) is 44.8 Å². The molecule has 0 aliphatic rings. The Balaban J connectivity index is 2.52. The molecule has 0 radical (unpaired) electrons. The van der Waals surface area contributed by atoms with E-state index in [1.807, 2.05) is 58.0 Å². The number of ketones is 1. The summed E-state index contributed by atoms with van der Waals surface area (Å²) in [6, 6.07) is 9.96. The van der Waals surface area contributed by atoms with Gasteiger partial charge in [0, 0.05) is 17.0 Å². The van der Waals surface area contributed by atoms with Crippen LogP contribution in [0, 0.1) is 19.8 Å². The van der Waals surface area contributed by atoms with Gasteiger partial charge >= 0.3 is 0 Å². The van der Waals surface area contributed by atoms with Crippen LogP contribution in [0.15, 0.2) is 30.3 Å². The molecule has 140 valence electrons. The van der Waals surface area contributed by atoms with Gasteiger partial charge < -0.3 is 14.2 Å². The Labute approximate surface area is 156 Å². The molecule has 2 rings (SSSR count). The summed E-state index contributed by atoms with van der Waals surface area (Å²) >= 11 is 0. The second-order valence-corrected chi connectivity index (χ2v) is 6.47. The lowest BCUT2D eigenvalue weighted by Crippen LogP contribution is -2.15. The number of hydrogen-bond donors (Lipinski definition) is 0. The molecule has 0 aliphatic carbocycles. The lowest BCUT2D eigenvalue weighted by molar-refractivity contribution is 0.0920. The van der Waals surface area contributed by atoms with Crippen LogP contribution in [0.5, 0.6) is 17.2 Å². The number of hydrogen-bond acceptors (Lipinski definition) is 4.